The monoisotopic (exact) mass is 346 g/mol. The Morgan fingerprint density at radius 2 is 2.17 bits per heavy atom. The summed E-state index contributed by atoms with van der Waals surface area (Å²) in [4.78, 5) is 0. The van der Waals surface area contributed by atoms with Gasteiger partial charge < -0.3 is 5.32 Å². The molecule has 2 unspecified atom stereocenters. The second-order valence-electron chi connectivity index (χ2n) is 6.58. The van der Waals surface area contributed by atoms with E-state index in [-0.39, 0.29) is 10.8 Å². The first-order valence-corrected chi connectivity index (χ1v) is 8.44. The number of piperidine rings is 1. The number of benzene rings is 1. The molecule has 2 aliphatic rings. The number of halogens is 2. The summed E-state index contributed by atoms with van der Waals surface area (Å²) in [5, 5.41) is 18.3. The number of nitrogens with one attached hydrogen (secondary N) is 1. The Morgan fingerprint density at radius 3 is 2.96 bits per heavy atom. The van der Waals surface area contributed by atoms with Gasteiger partial charge in [-0.3, -0.25) is 4.68 Å². The predicted molar refractivity (Wildman–Crippen MR) is 89.6 cm³/mol. The van der Waals surface area contributed by atoms with Crippen LogP contribution in [0.15, 0.2) is 30.5 Å². The first kappa shape index (κ1) is 15.0. The molecule has 2 aromatic rings. The van der Waals surface area contributed by atoms with E-state index in [0.29, 0.717) is 15.7 Å². The Kier molecular flexibility index (Phi) is 3.42. The molecular weight excluding hydrogens is 331 g/mol. The van der Waals surface area contributed by atoms with Crippen LogP contribution in [0.3, 0.4) is 0 Å². The number of hydrogen-bond donors (Lipinski definition) is 1. The zero-order valence-electron chi connectivity index (χ0n) is 12.5. The lowest BCUT2D eigenvalue weighted by molar-refractivity contribution is 0.274. The number of aromatic nitrogens is 2. The molecule has 4 rings (SSSR count). The summed E-state index contributed by atoms with van der Waals surface area (Å²) in [5.74, 6) is 0. The van der Waals surface area contributed by atoms with E-state index in [1.165, 1.54) is 5.56 Å². The van der Waals surface area contributed by atoms with Gasteiger partial charge in [0, 0.05) is 17.4 Å². The van der Waals surface area contributed by atoms with Gasteiger partial charge in [0.2, 0.25) is 0 Å². The summed E-state index contributed by atoms with van der Waals surface area (Å²) < 4.78 is 1.83. The van der Waals surface area contributed by atoms with Crippen LogP contribution >= 0.6 is 23.2 Å². The van der Waals surface area contributed by atoms with Crippen LogP contribution in [0, 0.1) is 16.7 Å². The van der Waals surface area contributed by atoms with Crippen molar-refractivity contribution >= 4 is 23.2 Å². The van der Waals surface area contributed by atoms with Gasteiger partial charge in [-0.15, -0.1) is 0 Å². The Bertz CT molecular complexity index is 809. The van der Waals surface area contributed by atoms with Crippen LogP contribution in [0.1, 0.15) is 24.1 Å². The van der Waals surface area contributed by atoms with Gasteiger partial charge in [0.1, 0.15) is 11.8 Å². The van der Waals surface area contributed by atoms with E-state index >= 15 is 0 Å². The van der Waals surface area contributed by atoms with Crippen LogP contribution in [0.5, 0.6) is 0 Å². The highest BCUT2D eigenvalue weighted by molar-refractivity contribution is 6.42. The topological polar surface area (TPSA) is 53.6 Å². The lowest BCUT2D eigenvalue weighted by Gasteiger charge is -2.32. The molecule has 1 aromatic carbocycles. The fraction of sp³-hybridized carbons (Fsp3) is 0.412. The normalized spacial score (nSPS) is 28.9. The largest absolute Gasteiger partial charge is 0.316 e. The first-order chi connectivity index (χ1) is 11.1. The van der Waals surface area contributed by atoms with E-state index in [1.807, 2.05) is 16.8 Å². The second kappa shape index (κ2) is 5.24. The van der Waals surface area contributed by atoms with Gasteiger partial charge >= 0.3 is 0 Å². The van der Waals surface area contributed by atoms with Crippen LogP contribution in [0.25, 0.3) is 0 Å². The molecule has 4 nitrogen and oxygen atoms in total. The van der Waals surface area contributed by atoms with Crippen molar-refractivity contribution in [2.45, 2.75) is 24.8 Å². The van der Waals surface area contributed by atoms with E-state index in [1.54, 1.807) is 12.3 Å². The minimum absolute atomic E-state index is 0.0834. The first-order valence-electron chi connectivity index (χ1n) is 7.68. The van der Waals surface area contributed by atoms with E-state index < -0.39 is 0 Å². The number of fused-ring (bicyclic) bond motifs is 1. The summed E-state index contributed by atoms with van der Waals surface area (Å²) in [6.07, 6.45) is 3.83. The van der Waals surface area contributed by atoms with Crippen molar-refractivity contribution in [1.29, 1.82) is 5.26 Å². The minimum Gasteiger partial charge on any atom is -0.316 e. The molecule has 0 spiro atoms. The van der Waals surface area contributed by atoms with Gasteiger partial charge in [-0.2, -0.15) is 10.4 Å². The second-order valence-corrected chi connectivity index (χ2v) is 7.40. The van der Waals surface area contributed by atoms with Gasteiger partial charge in [-0.05, 0) is 43.1 Å². The summed E-state index contributed by atoms with van der Waals surface area (Å²) in [7, 11) is 0. The van der Waals surface area contributed by atoms with Crippen molar-refractivity contribution in [2.24, 2.45) is 5.41 Å². The maximum Gasteiger partial charge on any atom is 0.138 e. The highest BCUT2D eigenvalue weighted by Gasteiger charge is 2.68. The minimum atomic E-state index is 0.0834. The van der Waals surface area contributed by atoms with Crippen molar-refractivity contribution in [3.8, 4) is 6.07 Å². The Hall–Kier alpha value is -1.54. The molecule has 1 N–H and O–H groups in total. The maximum absolute atomic E-state index is 9.22. The molecule has 2 fully saturated rings. The number of rotatable bonds is 3. The van der Waals surface area contributed by atoms with Gasteiger partial charge in [0.25, 0.3) is 0 Å². The summed E-state index contributed by atoms with van der Waals surface area (Å²) in [6, 6.07) is 9.95. The average Bonchev–Trinajstić information content (AvgIpc) is 3.03. The third-order valence-corrected chi connectivity index (χ3v) is 6.22. The van der Waals surface area contributed by atoms with Crippen molar-refractivity contribution in [2.75, 3.05) is 13.1 Å². The van der Waals surface area contributed by atoms with Crippen LogP contribution in [-0.4, -0.2) is 22.9 Å². The van der Waals surface area contributed by atoms with E-state index in [2.05, 4.69) is 22.6 Å². The molecule has 0 radical (unpaired) electrons. The van der Waals surface area contributed by atoms with Crippen LogP contribution < -0.4 is 5.32 Å². The smallest absolute Gasteiger partial charge is 0.138 e. The molecule has 1 aliphatic carbocycles. The fourth-order valence-electron chi connectivity index (χ4n) is 4.20. The van der Waals surface area contributed by atoms with Gasteiger partial charge in [0.15, 0.2) is 0 Å². The Morgan fingerprint density at radius 1 is 1.30 bits per heavy atom. The zero-order chi connectivity index (χ0) is 16.1. The number of nitrogens with zero attached hydrogens (tertiary/aromatic N) is 3. The molecule has 2 atom stereocenters. The molecule has 1 saturated carbocycles. The van der Waals surface area contributed by atoms with Crippen LogP contribution in [0.2, 0.25) is 10.0 Å². The highest BCUT2D eigenvalue weighted by Crippen LogP contribution is 2.68. The van der Waals surface area contributed by atoms with Crippen molar-refractivity contribution < 1.29 is 0 Å². The van der Waals surface area contributed by atoms with Gasteiger partial charge in [-0.1, -0.05) is 29.3 Å². The maximum atomic E-state index is 9.22. The molecule has 6 heteroatoms. The zero-order valence-corrected chi connectivity index (χ0v) is 14.0. The third kappa shape index (κ3) is 2.19. The van der Waals surface area contributed by atoms with Crippen molar-refractivity contribution in [1.82, 2.24) is 15.1 Å². The molecule has 1 aromatic heterocycles. The number of hydrogen-bond acceptors (Lipinski definition) is 3. The van der Waals surface area contributed by atoms with Gasteiger partial charge in [-0.25, -0.2) is 0 Å². The van der Waals surface area contributed by atoms with E-state index in [0.717, 1.165) is 32.5 Å². The van der Waals surface area contributed by atoms with E-state index in [4.69, 9.17) is 23.2 Å². The fourth-order valence-corrected chi connectivity index (χ4v) is 4.50. The molecule has 0 amide bonds. The summed E-state index contributed by atoms with van der Waals surface area (Å²) >= 11 is 12.3. The Labute approximate surface area is 145 Å². The average molecular weight is 347 g/mol. The Balaban J connectivity index is 1.71. The molecule has 0 bridgehead atoms. The van der Waals surface area contributed by atoms with Crippen molar-refractivity contribution in [3.05, 3.63) is 51.8 Å². The quantitative estimate of drug-likeness (QED) is 0.926. The molecule has 1 saturated heterocycles. The molecule has 1 aliphatic heterocycles. The number of nitriles is 1. The third-order valence-electron chi connectivity index (χ3n) is 5.48. The molecular formula is C17H16Cl2N4. The molecule has 2 heterocycles. The lowest BCUT2D eigenvalue weighted by atomic mass is 9.81. The molecule has 23 heavy (non-hydrogen) atoms. The SMILES string of the molecule is N#Cc1ccnn1CC12CNCCC1(c1ccc(Cl)c(Cl)c1)C2. The predicted octanol–water partition coefficient (Wildman–Crippen LogP) is 3.38. The van der Waals surface area contributed by atoms with Crippen LogP contribution in [0.4, 0.5) is 0 Å². The van der Waals surface area contributed by atoms with E-state index in [9.17, 15) is 5.26 Å². The van der Waals surface area contributed by atoms with Crippen LogP contribution in [-0.2, 0) is 12.0 Å². The summed E-state index contributed by atoms with van der Waals surface area (Å²) in [5.41, 5.74) is 2.05. The molecule has 118 valence electrons. The highest BCUT2D eigenvalue weighted by atomic mass is 35.5. The standard InChI is InChI=1S/C17H16Cl2N4/c18-14-2-1-12(7-15(14)19)17-4-6-21-10-16(17,9-17)11-23-13(8-20)3-5-22-23/h1-3,5,7,21H,4,6,9-11H2. The lowest BCUT2D eigenvalue weighted by Crippen LogP contribution is -2.41. The van der Waals surface area contributed by atoms with Crippen molar-refractivity contribution in [3.63, 3.8) is 0 Å². The summed E-state index contributed by atoms with van der Waals surface area (Å²) in [6.45, 7) is 2.67. The van der Waals surface area contributed by atoms with Gasteiger partial charge in [0.05, 0.1) is 22.8 Å².